The fraction of sp³-hybridized carbons (Fsp3) is 0.458. The molecule has 12 heteroatoms. The van der Waals surface area contributed by atoms with Crippen LogP contribution in [0.15, 0.2) is 24.7 Å². The van der Waals surface area contributed by atoms with Crippen molar-refractivity contribution in [3.8, 4) is 29.3 Å². The van der Waals surface area contributed by atoms with Gasteiger partial charge in [-0.25, -0.2) is 13.9 Å². The number of nitrogens with zero attached hydrogens (tertiary/aromatic N) is 11. The van der Waals surface area contributed by atoms with Crippen molar-refractivity contribution >= 4 is 5.52 Å². The first kappa shape index (κ1) is 23.3. The molecule has 36 heavy (non-hydrogen) atoms. The van der Waals surface area contributed by atoms with Crippen LogP contribution in [0.2, 0.25) is 0 Å². The Kier molecular flexibility index (Phi) is 6.02. The number of hydrogen-bond acceptors (Lipinski definition) is 9. The third-order valence-electron chi connectivity index (χ3n) is 6.63. The summed E-state index contributed by atoms with van der Waals surface area (Å²) in [6, 6.07) is 4.45. The molecule has 5 rings (SSSR count). The van der Waals surface area contributed by atoms with Gasteiger partial charge in [0.2, 0.25) is 0 Å². The van der Waals surface area contributed by atoms with Gasteiger partial charge in [-0.05, 0) is 46.6 Å². The molecule has 4 aromatic heterocycles. The second kappa shape index (κ2) is 9.30. The van der Waals surface area contributed by atoms with Crippen LogP contribution in [0.4, 0.5) is 0 Å². The standard InChI is InChI=1S/C24H27N11O/c1-15(2)33-13-21(28-30-33)17(4)36-22-9-18(12-34-24(22)19(10-25)11-27-34)23-16(3)35(31-29-23)20-5-7-32(14-26)8-6-20/h9,11-13,15,17,20H,5-8H2,1-4H3. The zero-order chi connectivity index (χ0) is 25.4. The highest BCUT2D eigenvalue weighted by molar-refractivity contribution is 5.74. The lowest BCUT2D eigenvalue weighted by atomic mass is 10.0. The summed E-state index contributed by atoms with van der Waals surface area (Å²) in [4.78, 5) is 1.77. The third kappa shape index (κ3) is 4.11. The summed E-state index contributed by atoms with van der Waals surface area (Å²) >= 11 is 0. The van der Waals surface area contributed by atoms with E-state index in [0.29, 0.717) is 35.6 Å². The minimum atomic E-state index is -0.403. The highest BCUT2D eigenvalue weighted by Gasteiger charge is 2.25. The first-order chi connectivity index (χ1) is 17.4. The van der Waals surface area contributed by atoms with Gasteiger partial charge in [0, 0.05) is 30.9 Å². The molecular formula is C24H27N11O. The summed E-state index contributed by atoms with van der Waals surface area (Å²) in [7, 11) is 0. The molecule has 1 aliphatic heterocycles. The number of nitriles is 2. The molecule has 0 bridgehead atoms. The second-order valence-electron chi connectivity index (χ2n) is 9.32. The van der Waals surface area contributed by atoms with Crippen molar-refractivity contribution in [1.29, 1.82) is 10.5 Å². The van der Waals surface area contributed by atoms with E-state index in [2.05, 4.69) is 38.0 Å². The Balaban J connectivity index is 1.50. The van der Waals surface area contributed by atoms with Gasteiger partial charge in [0.1, 0.15) is 40.4 Å². The van der Waals surface area contributed by atoms with Gasteiger partial charge in [-0.1, -0.05) is 10.4 Å². The van der Waals surface area contributed by atoms with Crippen LogP contribution >= 0.6 is 0 Å². The minimum Gasteiger partial charge on any atom is -0.482 e. The van der Waals surface area contributed by atoms with Crippen LogP contribution in [-0.4, -0.2) is 57.6 Å². The molecule has 1 saturated heterocycles. The van der Waals surface area contributed by atoms with Gasteiger partial charge in [0.05, 0.1) is 24.1 Å². The number of fused-ring (bicyclic) bond motifs is 1. The molecule has 0 N–H and O–H groups in total. The normalized spacial score (nSPS) is 15.2. The van der Waals surface area contributed by atoms with Gasteiger partial charge in [-0.2, -0.15) is 15.6 Å². The molecule has 0 amide bonds. The van der Waals surface area contributed by atoms with Crippen LogP contribution in [0, 0.1) is 29.7 Å². The Morgan fingerprint density at radius 3 is 2.53 bits per heavy atom. The van der Waals surface area contributed by atoms with E-state index in [1.54, 1.807) is 14.1 Å². The molecule has 0 spiro atoms. The number of hydrogen-bond donors (Lipinski definition) is 0. The van der Waals surface area contributed by atoms with E-state index >= 15 is 0 Å². The van der Waals surface area contributed by atoms with Crippen LogP contribution in [0.1, 0.15) is 68.8 Å². The SMILES string of the molecule is Cc1c(-c2cc(OC(C)c3cn(C(C)C)nn3)c3c(C#N)cnn3c2)nnn1C1CCN(C#N)CC1. The molecule has 1 fully saturated rings. The van der Waals surface area contributed by atoms with E-state index < -0.39 is 6.10 Å². The predicted octanol–water partition coefficient (Wildman–Crippen LogP) is 3.20. The number of rotatable bonds is 6. The van der Waals surface area contributed by atoms with E-state index in [0.717, 1.165) is 29.8 Å². The lowest BCUT2D eigenvalue weighted by Gasteiger charge is -2.28. The first-order valence-electron chi connectivity index (χ1n) is 12.0. The number of piperidine rings is 1. The summed E-state index contributed by atoms with van der Waals surface area (Å²) in [5, 5.41) is 40.5. The molecule has 1 aliphatic rings. The van der Waals surface area contributed by atoms with Crippen LogP contribution in [0.3, 0.4) is 0 Å². The summed E-state index contributed by atoms with van der Waals surface area (Å²) in [6.45, 7) is 9.38. The van der Waals surface area contributed by atoms with Gasteiger partial charge in [0.15, 0.2) is 6.19 Å². The maximum Gasteiger partial charge on any atom is 0.179 e. The average molecular weight is 486 g/mol. The summed E-state index contributed by atoms with van der Waals surface area (Å²) < 4.78 is 11.7. The Labute approximate surface area is 208 Å². The van der Waals surface area contributed by atoms with Crippen LogP contribution in [0.5, 0.6) is 5.75 Å². The van der Waals surface area contributed by atoms with E-state index in [1.165, 1.54) is 6.20 Å². The molecule has 0 saturated carbocycles. The largest absolute Gasteiger partial charge is 0.482 e. The highest BCUT2D eigenvalue weighted by atomic mass is 16.5. The van der Waals surface area contributed by atoms with E-state index in [-0.39, 0.29) is 12.1 Å². The van der Waals surface area contributed by atoms with Crippen molar-refractivity contribution < 1.29 is 4.74 Å². The van der Waals surface area contributed by atoms with Gasteiger partial charge in [-0.3, -0.25) is 0 Å². The molecule has 12 nitrogen and oxygen atoms in total. The molecule has 4 aromatic rings. The summed E-state index contributed by atoms with van der Waals surface area (Å²) in [5.41, 5.74) is 4.11. The van der Waals surface area contributed by atoms with E-state index in [9.17, 15) is 5.26 Å². The topological polar surface area (TPSA) is 139 Å². The van der Waals surface area contributed by atoms with E-state index in [1.807, 2.05) is 50.8 Å². The number of aromatic nitrogens is 8. The fourth-order valence-electron chi connectivity index (χ4n) is 4.53. The quantitative estimate of drug-likeness (QED) is 0.377. The summed E-state index contributed by atoms with van der Waals surface area (Å²) in [6.07, 6.45) is 8.72. The second-order valence-corrected chi connectivity index (χ2v) is 9.32. The van der Waals surface area contributed by atoms with Crippen LogP contribution < -0.4 is 4.74 Å². The Morgan fingerprint density at radius 2 is 1.86 bits per heavy atom. The van der Waals surface area contributed by atoms with Crippen molar-refractivity contribution in [2.24, 2.45) is 0 Å². The Hall–Kier alpha value is -4.45. The highest BCUT2D eigenvalue weighted by Crippen LogP contribution is 2.34. The smallest absolute Gasteiger partial charge is 0.179 e. The van der Waals surface area contributed by atoms with Gasteiger partial charge < -0.3 is 9.64 Å². The van der Waals surface area contributed by atoms with Crippen molar-refractivity contribution in [3.05, 3.63) is 41.6 Å². The molecule has 184 valence electrons. The number of likely N-dealkylation sites (tertiary alicyclic amines) is 1. The molecule has 0 aromatic carbocycles. The lowest BCUT2D eigenvalue weighted by Crippen LogP contribution is -2.31. The van der Waals surface area contributed by atoms with Crippen molar-refractivity contribution in [1.82, 2.24) is 44.5 Å². The van der Waals surface area contributed by atoms with Gasteiger partial charge in [0.25, 0.3) is 0 Å². The predicted molar refractivity (Wildman–Crippen MR) is 129 cm³/mol. The molecule has 0 aliphatic carbocycles. The molecule has 1 atom stereocenters. The third-order valence-corrected chi connectivity index (χ3v) is 6.63. The molecule has 1 unspecified atom stereocenters. The van der Waals surface area contributed by atoms with Crippen molar-refractivity contribution in [2.45, 2.75) is 58.7 Å². The molecule has 0 radical (unpaired) electrons. The number of pyridine rings is 1. The molecular weight excluding hydrogens is 458 g/mol. The maximum absolute atomic E-state index is 9.65. The zero-order valence-electron chi connectivity index (χ0n) is 20.7. The average Bonchev–Trinajstić information content (AvgIpc) is 3.62. The first-order valence-corrected chi connectivity index (χ1v) is 12.0. The van der Waals surface area contributed by atoms with Crippen molar-refractivity contribution in [2.75, 3.05) is 13.1 Å². The van der Waals surface area contributed by atoms with E-state index in [4.69, 9.17) is 10.00 Å². The monoisotopic (exact) mass is 485 g/mol. The van der Waals surface area contributed by atoms with Crippen LogP contribution in [-0.2, 0) is 0 Å². The van der Waals surface area contributed by atoms with Crippen molar-refractivity contribution in [3.63, 3.8) is 0 Å². The molecule has 5 heterocycles. The fourth-order valence-corrected chi connectivity index (χ4v) is 4.53. The number of ether oxygens (including phenoxy) is 1. The minimum absolute atomic E-state index is 0.186. The van der Waals surface area contributed by atoms with Gasteiger partial charge in [-0.15, -0.1) is 10.2 Å². The summed E-state index contributed by atoms with van der Waals surface area (Å²) in [5.74, 6) is 0.504. The van der Waals surface area contributed by atoms with Crippen LogP contribution in [0.25, 0.3) is 16.8 Å². The Morgan fingerprint density at radius 1 is 1.08 bits per heavy atom. The Bertz CT molecular complexity index is 1470. The zero-order valence-corrected chi connectivity index (χ0v) is 20.7. The van der Waals surface area contributed by atoms with Gasteiger partial charge >= 0.3 is 0 Å². The maximum atomic E-state index is 9.65. The lowest BCUT2D eigenvalue weighted by molar-refractivity contribution is 0.224.